The molecule has 0 bridgehead atoms. The van der Waals surface area contributed by atoms with E-state index in [9.17, 15) is 5.26 Å². The number of allylic oxidation sites excluding steroid dienone is 1. The van der Waals surface area contributed by atoms with Gasteiger partial charge in [-0.05, 0) is 31.2 Å². The molecule has 1 aromatic heterocycles. The molecule has 0 unspecified atom stereocenters. The maximum atomic E-state index is 9.28. The number of hydrogen-bond acceptors (Lipinski definition) is 4. The zero-order chi connectivity index (χ0) is 13.8. The Hall–Kier alpha value is -1.64. The molecule has 0 radical (unpaired) electrons. The van der Waals surface area contributed by atoms with Crippen LogP contribution in [0.2, 0.25) is 0 Å². The second-order valence-corrected chi connectivity index (χ2v) is 5.62. The van der Waals surface area contributed by atoms with Crippen molar-refractivity contribution in [2.24, 2.45) is 0 Å². The third kappa shape index (κ3) is 3.22. The van der Waals surface area contributed by atoms with Gasteiger partial charge in [0.25, 0.3) is 0 Å². The van der Waals surface area contributed by atoms with E-state index in [1.54, 1.807) is 13.2 Å². The van der Waals surface area contributed by atoms with Crippen molar-refractivity contribution < 1.29 is 4.74 Å². The molecule has 19 heavy (non-hydrogen) atoms. The second-order valence-electron chi connectivity index (χ2n) is 3.85. The van der Waals surface area contributed by atoms with E-state index in [1.165, 1.54) is 11.3 Å². The fourth-order valence-corrected chi connectivity index (χ4v) is 2.73. The number of rotatable bonds is 3. The van der Waals surface area contributed by atoms with E-state index in [1.807, 2.05) is 30.5 Å². The second kappa shape index (κ2) is 6.00. The maximum absolute atomic E-state index is 9.28. The fourth-order valence-electron chi connectivity index (χ4n) is 1.59. The number of methoxy groups -OCH3 is 1. The predicted molar refractivity (Wildman–Crippen MR) is 81.0 cm³/mol. The lowest BCUT2D eigenvalue weighted by molar-refractivity contribution is 0.414. The van der Waals surface area contributed by atoms with E-state index in [0.717, 1.165) is 26.5 Å². The van der Waals surface area contributed by atoms with Crippen LogP contribution in [0, 0.1) is 18.3 Å². The first-order valence-electron chi connectivity index (χ1n) is 5.52. The summed E-state index contributed by atoms with van der Waals surface area (Å²) in [5, 5.41) is 11.9. The summed E-state index contributed by atoms with van der Waals surface area (Å²) >= 11 is 4.88. The van der Waals surface area contributed by atoms with Crippen LogP contribution in [0.3, 0.4) is 0 Å². The first-order chi connectivity index (χ1) is 9.13. The molecule has 0 N–H and O–H groups in total. The van der Waals surface area contributed by atoms with Gasteiger partial charge in [-0.1, -0.05) is 15.9 Å². The first-order valence-corrected chi connectivity index (χ1v) is 7.19. The number of hydrogen-bond donors (Lipinski definition) is 0. The van der Waals surface area contributed by atoms with Crippen LogP contribution in [-0.2, 0) is 0 Å². The summed E-state index contributed by atoms with van der Waals surface area (Å²) in [6, 6.07) is 7.86. The van der Waals surface area contributed by atoms with Crippen LogP contribution in [0.15, 0.2) is 28.1 Å². The predicted octanol–water partition coefficient (Wildman–Crippen LogP) is 4.29. The largest absolute Gasteiger partial charge is 0.496 e. The summed E-state index contributed by atoms with van der Waals surface area (Å²) in [5.41, 5.74) is 2.30. The Bertz CT molecular complexity index is 670. The highest BCUT2D eigenvalue weighted by molar-refractivity contribution is 9.10. The third-order valence-electron chi connectivity index (χ3n) is 2.46. The smallest absolute Gasteiger partial charge is 0.134 e. The van der Waals surface area contributed by atoms with Crippen molar-refractivity contribution in [1.29, 1.82) is 5.26 Å². The van der Waals surface area contributed by atoms with Gasteiger partial charge >= 0.3 is 0 Å². The van der Waals surface area contributed by atoms with E-state index in [4.69, 9.17) is 4.74 Å². The lowest BCUT2D eigenvalue weighted by Crippen LogP contribution is -1.88. The molecule has 0 spiro atoms. The minimum absolute atomic E-state index is 0.537. The van der Waals surface area contributed by atoms with E-state index in [0.29, 0.717) is 5.57 Å². The van der Waals surface area contributed by atoms with Gasteiger partial charge in [0.1, 0.15) is 16.8 Å². The zero-order valence-corrected chi connectivity index (χ0v) is 12.9. The Balaban J connectivity index is 2.49. The summed E-state index contributed by atoms with van der Waals surface area (Å²) in [4.78, 5) is 4.33. The van der Waals surface area contributed by atoms with Crippen molar-refractivity contribution in [3.8, 4) is 11.8 Å². The van der Waals surface area contributed by atoms with Crippen molar-refractivity contribution in [3.63, 3.8) is 0 Å². The van der Waals surface area contributed by atoms with Gasteiger partial charge in [0.2, 0.25) is 0 Å². The molecule has 0 aliphatic carbocycles. The van der Waals surface area contributed by atoms with Crippen molar-refractivity contribution in [2.45, 2.75) is 6.92 Å². The van der Waals surface area contributed by atoms with Gasteiger partial charge in [0.15, 0.2) is 0 Å². The molecule has 2 rings (SSSR count). The average molecular weight is 335 g/mol. The molecule has 0 saturated heterocycles. The molecule has 0 aliphatic heterocycles. The summed E-state index contributed by atoms with van der Waals surface area (Å²) in [7, 11) is 1.61. The molecular weight excluding hydrogens is 324 g/mol. The highest BCUT2D eigenvalue weighted by atomic mass is 79.9. The van der Waals surface area contributed by atoms with Gasteiger partial charge in [-0.25, -0.2) is 4.98 Å². The first kappa shape index (κ1) is 13.8. The van der Waals surface area contributed by atoms with E-state index < -0.39 is 0 Å². The molecule has 0 saturated carbocycles. The third-order valence-corrected chi connectivity index (χ3v) is 3.95. The minimum atomic E-state index is 0.537. The Morgan fingerprint density at radius 2 is 2.32 bits per heavy atom. The van der Waals surface area contributed by atoms with E-state index in [2.05, 4.69) is 27.0 Å². The molecule has 0 atom stereocenters. The molecule has 3 nitrogen and oxygen atoms in total. The van der Waals surface area contributed by atoms with Crippen LogP contribution in [0.25, 0.3) is 11.6 Å². The molecule has 2 aromatic rings. The molecule has 1 heterocycles. The van der Waals surface area contributed by atoms with Crippen LogP contribution >= 0.6 is 27.3 Å². The monoisotopic (exact) mass is 334 g/mol. The maximum Gasteiger partial charge on any atom is 0.134 e. The van der Waals surface area contributed by atoms with Crippen molar-refractivity contribution in [3.05, 3.63) is 44.3 Å². The number of nitriles is 1. The van der Waals surface area contributed by atoms with Crippen molar-refractivity contribution >= 4 is 38.9 Å². The Morgan fingerprint density at radius 1 is 1.53 bits per heavy atom. The Labute approximate surface area is 124 Å². The van der Waals surface area contributed by atoms with Crippen LogP contribution in [0.4, 0.5) is 0 Å². The number of nitrogens with zero attached hydrogens (tertiary/aromatic N) is 2. The van der Waals surface area contributed by atoms with Crippen molar-refractivity contribution in [1.82, 2.24) is 4.98 Å². The minimum Gasteiger partial charge on any atom is -0.496 e. The molecule has 5 heteroatoms. The highest BCUT2D eigenvalue weighted by Crippen LogP contribution is 2.28. The van der Waals surface area contributed by atoms with E-state index in [-0.39, 0.29) is 0 Å². The van der Waals surface area contributed by atoms with Crippen LogP contribution < -0.4 is 4.74 Å². The molecule has 0 amide bonds. The number of aromatic nitrogens is 1. The van der Waals surface area contributed by atoms with Crippen LogP contribution in [-0.4, -0.2) is 12.1 Å². The molecule has 0 aliphatic rings. The topological polar surface area (TPSA) is 45.9 Å². The lowest BCUT2D eigenvalue weighted by Gasteiger charge is -2.05. The van der Waals surface area contributed by atoms with Gasteiger partial charge in [-0.15, -0.1) is 11.3 Å². The number of thiazole rings is 1. The summed E-state index contributed by atoms with van der Waals surface area (Å²) in [6.07, 6.45) is 1.79. The summed E-state index contributed by atoms with van der Waals surface area (Å²) < 4.78 is 6.23. The zero-order valence-electron chi connectivity index (χ0n) is 10.5. The van der Waals surface area contributed by atoms with Crippen molar-refractivity contribution in [2.75, 3.05) is 7.11 Å². The number of ether oxygens (including phenoxy) is 1. The van der Waals surface area contributed by atoms with Gasteiger partial charge in [0, 0.05) is 21.1 Å². The lowest BCUT2D eigenvalue weighted by atomic mass is 10.1. The van der Waals surface area contributed by atoms with Crippen LogP contribution in [0.1, 0.15) is 16.3 Å². The Kier molecular flexibility index (Phi) is 4.35. The fraction of sp³-hybridized carbons (Fsp3) is 0.143. The standard InChI is InChI=1S/C14H11BrN2OS/c1-9-8-19-14(17-9)11(7-16)5-10-6-12(15)3-4-13(10)18-2/h3-6,8H,1-2H3/b11-5-. The van der Waals surface area contributed by atoms with Gasteiger partial charge in [-0.2, -0.15) is 5.26 Å². The normalized spacial score (nSPS) is 11.2. The average Bonchev–Trinajstić information content (AvgIpc) is 2.82. The summed E-state index contributed by atoms with van der Waals surface area (Å²) in [6.45, 7) is 1.91. The van der Waals surface area contributed by atoms with Crippen LogP contribution in [0.5, 0.6) is 5.75 Å². The van der Waals surface area contributed by atoms with Gasteiger partial charge < -0.3 is 4.74 Å². The van der Waals surface area contributed by atoms with Gasteiger partial charge in [-0.3, -0.25) is 0 Å². The quantitative estimate of drug-likeness (QED) is 0.786. The number of benzene rings is 1. The number of aryl methyl sites for hydroxylation is 1. The molecule has 0 fully saturated rings. The number of halogens is 1. The molecule has 96 valence electrons. The van der Waals surface area contributed by atoms with Gasteiger partial charge in [0.05, 0.1) is 12.7 Å². The molecule has 1 aromatic carbocycles. The Morgan fingerprint density at radius 3 is 2.89 bits per heavy atom. The summed E-state index contributed by atoms with van der Waals surface area (Å²) in [5.74, 6) is 0.726. The van der Waals surface area contributed by atoms with E-state index >= 15 is 0 Å². The SMILES string of the molecule is COc1ccc(Br)cc1/C=C(/C#N)c1nc(C)cs1. The highest BCUT2D eigenvalue weighted by Gasteiger charge is 2.08. The molecular formula is C14H11BrN2OS.